The van der Waals surface area contributed by atoms with Crippen molar-refractivity contribution < 1.29 is 21.6 Å². The number of aryl methyl sites for hydroxylation is 2. The van der Waals surface area contributed by atoms with Gasteiger partial charge in [-0.2, -0.15) is 4.31 Å². The molecule has 0 aromatic heterocycles. The van der Waals surface area contributed by atoms with Gasteiger partial charge in [0.2, 0.25) is 10.0 Å². The van der Waals surface area contributed by atoms with Crippen molar-refractivity contribution >= 4 is 37.3 Å². The van der Waals surface area contributed by atoms with Crippen LogP contribution in [0.3, 0.4) is 0 Å². The molecule has 0 saturated heterocycles. The number of nitrogens with zero attached hydrogens (tertiary/aromatic N) is 1. The maximum absolute atomic E-state index is 13.0. The number of benzene rings is 3. The smallest absolute Gasteiger partial charge is 0.262 e. The summed E-state index contributed by atoms with van der Waals surface area (Å²) in [5.74, 6) is -0.517. The number of carbonyl (C=O) groups is 1. The van der Waals surface area contributed by atoms with Crippen molar-refractivity contribution in [2.24, 2.45) is 0 Å². The molecule has 10 heteroatoms. The zero-order chi connectivity index (χ0) is 25.8. The number of hydrogen-bond donors (Lipinski definition) is 2. The summed E-state index contributed by atoms with van der Waals surface area (Å²) < 4.78 is 55.2. The van der Waals surface area contributed by atoms with Crippen molar-refractivity contribution in [2.75, 3.05) is 23.1 Å². The van der Waals surface area contributed by atoms with E-state index in [-0.39, 0.29) is 15.4 Å². The minimum Gasteiger partial charge on any atom is -0.322 e. The molecule has 0 aliphatic heterocycles. The Bertz CT molecular complexity index is 1430. The van der Waals surface area contributed by atoms with Crippen LogP contribution in [0.1, 0.15) is 35.3 Å². The molecule has 0 radical (unpaired) electrons. The van der Waals surface area contributed by atoms with Crippen LogP contribution in [0.25, 0.3) is 0 Å². The molecule has 3 aromatic carbocycles. The van der Waals surface area contributed by atoms with Gasteiger partial charge in [0.25, 0.3) is 15.9 Å². The predicted octanol–water partition coefficient (Wildman–Crippen LogP) is 4.39. The molecule has 35 heavy (non-hydrogen) atoms. The van der Waals surface area contributed by atoms with Crippen LogP contribution in [0.2, 0.25) is 0 Å². The van der Waals surface area contributed by atoms with Crippen LogP contribution in [0.5, 0.6) is 0 Å². The Morgan fingerprint density at radius 3 is 2.09 bits per heavy atom. The summed E-state index contributed by atoms with van der Waals surface area (Å²) in [5, 5.41) is 2.69. The third kappa shape index (κ3) is 6.08. The van der Waals surface area contributed by atoms with E-state index in [0.717, 1.165) is 5.56 Å². The molecule has 3 aromatic rings. The van der Waals surface area contributed by atoms with Crippen LogP contribution in [-0.2, 0) is 20.0 Å². The molecular weight excluding hydrogens is 486 g/mol. The Hall–Kier alpha value is -3.21. The first-order valence-corrected chi connectivity index (χ1v) is 14.0. The summed E-state index contributed by atoms with van der Waals surface area (Å²) >= 11 is 0. The van der Waals surface area contributed by atoms with Crippen LogP contribution >= 0.6 is 0 Å². The van der Waals surface area contributed by atoms with Crippen molar-refractivity contribution in [1.82, 2.24) is 4.31 Å². The van der Waals surface area contributed by atoms with Crippen LogP contribution in [0, 0.1) is 13.8 Å². The Morgan fingerprint density at radius 1 is 0.829 bits per heavy atom. The van der Waals surface area contributed by atoms with E-state index in [9.17, 15) is 21.6 Å². The molecule has 0 saturated carbocycles. The molecule has 3 rings (SSSR count). The van der Waals surface area contributed by atoms with Crippen molar-refractivity contribution in [3.8, 4) is 0 Å². The molecule has 0 atom stereocenters. The zero-order valence-electron chi connectivity index (χ0n) is 20.1. The van der Waals surface area contributed by atoms with Gasteiger partial charge in [0, 0.05) is 30.0 Å². The normalized spacial score (nSPS) is 11.9. The first-order valence-electron chi connectivity index (χ1n) is 11.1. The van der Waals surface area contributed by atoms with Crippen molar-refractivity contribution in [3.63, 3.8) is 0 Å². The minimum absolute atomic E-state index is 0.00711. The lowest BCUT2D eigenvalue weighted by Crippen LogP contribution is -2.30. The fourth-order valence-electron chi connectivity index (χ4n) is 3.58. The Labute approximate surface area is 207 Å². The second-order valence-corrected chi connectivity index (χ2v) is 11.6. The van der Waals surface area contributed by atoms with Gasteiger partial charge in [0.15, 0.2) is 0 Å². The summed E-state index contributed by atoms with van der Waals surface area (Å²) in [6.45, 7) is 7.76. The molecule has 0 aliphatic carbocycles. The highest BCUT2D eigenvalue weighted by Crippen LogP contribution is 2.23. The maximum Gasteiger partial charge on any atom is 0.262 e. The van der Waals surface area contributed by atoms with Crippen molar-refractivity contribution in [3.05, 3.63) is 83.4 Å². The summed E-state index contributed by atoms with van der Waals surface area (Å²) in [4.78, 5) is 13.0. The fourth-order valence-corrected chi connectivity index (χ4v) is 6.35. The standard InChI is InChI=1S/C25H29N3O5S2/c1-5-28(6-2)35(32,33)23-14-12-21(13-15-23)26-25(29)20-11-10-19(4)24(17-20)34(30,31)27-22-9-7-8-18(3)16-22/h7-17,27H,5-6H2,1-4H3,(H,26,29). The zero-order valence-corrected chi connectivity index (χ0v) is 21.7. The van der Waals surface area contributed by atoms with E-state index in [1.807, 2.05) is 13.0 Å². The van der Waals surface area contributed by atoms with E-state index in [1.54, 1.807) is 45.0 Å². The van der Waals surface area contributed by atoms with Gasteiger partial charge in [-0.1, -0.05) is 32.0 Å². The number of amides is 1. The third-order valence-electron chi connectivity index (χ3n) is 5.47. The Morgan fingerprint density at radius 2 is 1.49 bits per heavy atom. The van der Waals surface area contributed by atoms with Gasteiger partial charge in [-0.25, -0.2) is 16.8 Å². The lowest BCUT2D eigenvalue weighted by molar-refractivity contribution is 0.102. The summed E-state index contributed by atoms with van der Waals surface area (Å²) in [5.41, 5.74) is 2.37. The maximum atomic E-state index is 13.0. The first kappa shape index (κ1) is 26.4. The summed E-state index contributed by atoms with van der Waals surface area (Å²) in [7, 11) is -7.53. The Kier molecular flexibility index (Phi) is 7.99. The quantitative estimate of drug-likeness (QED) is 0.439. The van der Waals surface area contributed by atoms with Crippen LogP contribution in [-0.4, -0.2) is 40.1 Å². The van der Waals surface area contributed by atoms with Gasteiger partial charge < -0.3 is 5.32 Å². The van der Waals surface area contributed by atoms with E-state index >= 15 is 0 Å². The van der Waals surface area contributed by atoms with E-state index in [1.165, 1.54) is 40.7 Å². The monoisotopic (exact) mass is 515 g/mol. The topological polar surface area (TPSA) is 113 Å². The molecule has 0 unspecified atom stereocenters. The van der Waals surface area contributed by atoms with Crippen molar-refractivity contribution in [2.45, 2.75) is 37.5 Å². The molecule has 0 spiro atoms. The van der Waals surface area contributed by atoms with Gasteiger partial charge in [-0.05, 0) is 73.5 Å². The lowest BCUT2D eigenvalue weighted by Gasteiger charge is -2.18. The van der Waals surface area contributed by atoms with Gasteiger partial charge >= 0.3 is 0 Å². The molecule has 8 nitrogen and oxygen atoms in total. The summed E-state index contributed by atoms with van der Waals surface area (Å²) in [6.07, 6.45) is 0. The molecule has 2 N–H and O–H groups in total. The average Bonchev–Trinajstić information content (AvgIpc) is 2.80. The third-order valence-corrected chi connectivity index (χ3v) is 9.05. The molecule has 0 aliphatic rings. The van der Waals surface area contributed by atoms with Gasteiger partial charge in [-0.3, -0.25) is 9.52 Å². The van der Waals surface area contributed by atoms with E-state index < -0.39 is 26.0 Å². The van der Waals surface area contributed by atoms with Gasteiger partial charge in [0.05, 0.1) is 9.79 Å². The van der Waals surface area contributed by atoms with Crippen LogP contribution in [0.4, 0.5) is 11.4 Å². The second-order valence-electron chi connectivity index (χ2n) is 8.02. The van der Waals surface area contributed by atoms with Crippen LogP contribution < -0.4 is 10.0 Å². The fraction of sp³-hybridized carbons (Fsp3) is 0.240. The molecule has 1 amide bonds. The van der Waals surface area contributed by atoms with E-state index in [0.29, 0.717) is 30.0 Å². The highest BCUT2D eigenvalue weighted by atomic mass is 32.2. The first-order chi connectivity index (χ1) is 16.5. The average molecular weight is 516 g/mol. The number of hydrogen-bond acceptors (Lipinski definition) is 5. The van der Waals surface area contributed by atoms with E-state index in [2.05, 4.69) is 10.0 Å². The number of carbonyl (C=O) groups excluding carboxylic acids is 1. The van der Waals surface area contributed by atoms with Crippen molar-refractivity contribution in [1.29, 1.82) is 0 Å². The lowest BCUT2D eigenvalue weighted by atomic mass is 10.1. The number of nitrogens with one attached hydrogen (secondary N) is 2. The number of anilines is 2. The van der Waals surface area contributed by atoms with Gasteiger partial charge in [0.1, 0.15) is 0 Å². The largest absolute Gasteiger partial charge is 0.322 e. The van der Waals surface area contributed by atoms with Gasteiger partial charge in [-0.15, -0.1) is 0 Å². The molecule has 0 heterocycles. The molecule has 0 bridgehead atoms. The van der Waals surface area contributed by atoms with E-state index in [4.69, 9.17) is 0 Å². The highest BCUT2D eigenvalue weighted by molar-refractivity contribution is 7.92. The second kappa shape index (κ2) is 10.6. The number of rotatable bonds is 9. The number of sulfonamides is 2. The highest BCUT2D eigenvalue weighted by Gasteiger charge is 2.22. The van der Waals surface area contributed by atoms with Crippen LogP contribution in [0.15, 0.2) is 76.5 Å². The SMILES string of the molecule is CCN(CC)S(=O)(=O)c1ccc(NC(=O)c2ccc(C)c(S(=O)(=O)Nc3cccc(C)c3)c2)cc1. The molecule has 0 fully saturated rings. The predicted molar refractivity (Wildman–Crippen MR) is 138 cm³/mol. The molecule has 186 valence electrons. The Balaban J connectivity index is 1.81. The molecular formula is C25H29N3O5S2. The minimum atomic E-state index is -3.93. The summed E-state index contributed by atoms with van der Waals surface area (Å²) in [6, 6.07) is 17.3.